The van der Waals surface area contributed by atoms with Gasteiger partial charge in [0.25, 0.3) is 0 Å². The minimum Gasteiger partial charge on any atom is -0.493 e. The van der Waals surface area contributed by atoms with Crippen molar-refractivity contribution in [2.45, 2.75) is 17.1 Å². The lowest BCUT2D eigenvalue weighted by atomic mass is 10.3. The van der Waals surface area contributed by atoms with Gasteiger partial charge < -0.3 is 14.8 Å². The molecule has 3 rings (SSSR count). The summed E-state index contributed by atoms with van der Waals surface area (Å²) in [5.41, 5.74) is 0.411. The van der Waals surface area contributed by atoms with Gasteiger partial charge in [-0.05, 0) is 67.6 Å². The zero-order valence-electron chi connectivity index (χ0n) is 16.3. The Morgan fingerprint density at radius 1 is 0.933 bits per heavy atom. The molecule has 0 aliphatic rings. The summed E-state index contributed by atoms with van der Waals surface area (Å²) in [4.78, 5) is 12.3. The maximum atomic E-state index is 13.0. The highest BCUT2D eigenvalue weighted by atomic mass is 32.2. The van der Waals surface area contributed by atoms with E-state index < -0.39 is 26.8 Å². The molecule has 30 heavy (non-hydrogen) atoms. The number of anilines is 1. The van der Waals surface area contributed by atoms with Gasteiger partial charge in [-0.1, -0.05) is 12.1 Å². The van der Waals surface area contributed by atoms with Crippen LogP contribution in [0.5, 0.6) is 17.2 Å². The van der Waals surface area contributed by atoms with E-state index in [0.717, 1.165) is 24.3 Å². The second-order valence-corrected chi connectivity index (χ2v) is 8.68. The predicted octanol–water partition coefficient (Wildman–Crippen LogP) is 4.43. The maximum absolute atomic E-state index is 13.0. The first kappa shape index (κ1) is 21.3. The molecule has 0 saturated heterocycles. The molecule has 0 fully saturated rings. The summed E-state index contributed by atoms with van der Waals surface area (Å²) in [6, 6.07) is 18.0. The molecule has 6 nitrogen and oxygen atoms in total. The highest BCUT2D eigenvalue weighted by Gasteiger charge is 2.29. The lowest BCUT2D eigenvalue weighted by molar-refractivity contribution is -0.115. The molecule has 156 valence electrons. The highest BCUT2D eigenvalue weighted by molar-refractivity contribution is 7.92. The summed E-state index contributed by atoms with van der Waals surface area (Å²) in [5.74, 6) is 0.384. The van der Waals surface area contributed by atoms with Gasteiger partial charge in [-0.15, -0.1) is 0 Å². The third kappa shape index (κ3) is 4.77. The van der Waals surface area contributed by atoms with Gasteiger partial charge >= 0.3 is 0 Å². The van der Waals surface area contributed by atoms with E-state index in [0.29, 0.717) is 22.9 Å². The molecule has 1 amide bonds. The van der Waals surface area contributed by atoms with Crippen LogP contribution in [0.15, 0.2) is 77.7 Å². The topological polar surface area (TPSA) is 81.7 Å². The zero-order chi connectivity index (χ0) is 21.7. The van der Waals surface area contributed by atoms with Crippen molar-refractivity contribution >= 4 is 21.4 Å². The van der Waals surface area contributed by atoms with Crippen LogP contribution in [0.3, 0.4) is 0 Å². The van der Waals surface area contributed by atoms with Crippen LogP contribution >= 0.6 is 0 Å². The first-order valence-corrected chi connectivity index (χ1v) is 10.6. The van der Waals surface area contributed by atoms with Crippen LogP contribution in [0.4, 0.5) is 10.1 Å². The molecule has 8 heteroatoms. The fourth-order valence-electron chi connectivity index (χ4n) is 2.65. The maximum Gasteiger partial charge on any atom is 0.242 e. The van der Waals surface area contributed by atoms with Crippen LogP contribution < -0.4 is 14.8 Å². The molecule has 0 aliphatic heterocycles. The summed E-state index contributed by atoms with van der Waals surface area (Å²) in [7, 11) is -2.41. The number of carbonyl (C=O) groups excluding carboxylic acids is 1. The number of amides is 1. The normalized spacial score (nSPS) is 12.1. The van der Waals surface area contributed by atoms with E-state index >= 15 is 0 Å². The third-order valence-corrected chi connectivity index (χ3v) is 6.47. The van der Waals surface area contributed by atoms with Gasteiger partial charge in [-0.2, -0.15) is 0 Å². The Labute approximate surface area is 174 Å². The van der Waals surface area contributed by atoms with Gasteiger partial charge in [0.1, 0.15) is 16.8 Å². The average molecular weight is 429 g/mol. The monoisotopic (exact) mass is 429 g/mol. The SMILES string of the molecule is COc1ccccc1Oc1ccc(NC(=O)C(C)S(=O)(=O)c2ccc(F)cc2)cc1. The van der Waals surface area contributed by atoms with E-state index in [1.807, 2.05) is 12.1 Å². The predicted molar refractivity (Wildman–Crippen MR) is 111 cm³/mol. The Balaban J connectivity index is 1.68. The van der Waals surface area contributed by atoms with Crippen LogP contribution in [0.25, 0.3) is 0 Å². The molecule has 0 aromatic heterocycles. The Bertz CT molecular complexity index is 1130. The number of para-hydroxylation sites is 2. The molecule has 0 radical (unpaired) electrons. The molecule has 0 aliphatic carbocycles. The second kappa shape index (κ2) is 8.96. The summed E-state index contributed by atoms with van der Waals surface area (Å²) < 4.78 is 49.2. The van der Waals surface area contributed by atoms with Crippen LogP contribution in [0, 0.1) is 5.82 Å². The van der Waals surface area contributed by atoms with Crippen molar-refractivity contribution in [3.63, 3.8) is 0 Å². The minimum absolute atomic E-state index is 0.118. The number of benzene rings is 3. The first-order valence-electron chi connectivity index (χ1n) is 9.02. The van der Waals surface area contributed by atoms with Gasteiger partial charge in [0.05, 0.1) is 12.0 Å². The Morgan fingerprint density at radius 2 is 1.53 bits per heavy atom. The number of hydrogen-bond acceptors (Lipinski definition) is 5. The van der Waals surface area contributed by atoms with Crippen LogP contribution in [0.1, 0.15) is 6.92 Å². The molecule has 1 N–H and O–H groups in total. The lowest BCUT2D eigenvalue weighted by Gasteiger charge is -2.14. The molecule has 1 unspecified atom stereocenters. The van der Waals surface area contributed by atoms with Crippen LogP contribution in [-0.2, 0) is 14.6 Å². The Morgan fingerprint density at radius 3 is 2.13 bits per heavy atom. The largest absolute Gasteiger partial charge is 0.493 e. The summed E-state index contributed by atoms with van der Waals surface area (Å²) >= 11 is 0. The quantitative estimate of drug-likeness (QED) is 0.562. The number of sulfone groups is 1. The number of rotatable bonds is 7. The number of nitrogens with one attached hydrogen (secondary N) is 1. The third-order valence-electron chi connectivity index (χ3n) is 4.40. The zero-order valence-corrected chi connectivity index (χ0v) is 17.1. The van der Waals surface area contributed by atoms with Crippen LogP contribution in [-0.4, -0.2) is 26.7 Å². The Hall–Kier alpha value is -3.39. The molecular weight excluding hydrogens is 409 g/mol. The molecule has 1 atom stereocenters. The number of hydrogen-bond donors (Lipinski definition) is 1. The van der Waals surface area contributed by atoms with Gasteiger partial charge in [-0.25, -0.2) is 12.8 Å². The molecular formula is C22H20FNO5S. The van der Waals surface area contributed by atoms with Crippen molar-refractivity contribution < 1.29 is 27.1 Å². The molecule has 3 aromatic rings. The van der Waals surface area contributed by atoms with Crippen LogP contribution in [0.2, 0.25) is 0 Å². The van der Waals surface area contributed by atoms with Gasteiger partial charge in [-0.3, -0.25) is 4.79 Å². The van der Waals surface area contributed by atoms with E-state index in [1.165, 1.54) is 6.92 Å². The Kier molecular flexibility index (Phi) is 6.37. The molecule has 3 aromatic carbocycles. The van der Waals surface area contributed by atoms with Crippen molar-refractivity contribution in [1.29, 1.82) is 0 Å². The van der Waals surface area contributed by atoms with E-state index in [9.17, 15) is 17.6 Å². The van der Waals surface area contributed by atoms with E-state index in [4.69, 9.17) is 9.47 Å². The second-order valence-electron chi connectivity index (χ2n) is 6.41. The van der Waals surface area contributed by atoms with E-state index in [2.05, 4.69) is 5.32 Å². The van der Waals surface area contributed by atoms with Crippen molar-refractivity contribution in [2.75, 3.05) is 12.4 Å². The van der Waals surface area contributed by atoms with Crippen molar-refractivity contribution in [3.8, 4) is 17.2 Å². The highest BCUT2D eigenvalue weighted by Crippen LogP contribution is 2.31. The fraction of sp³-hybridized carbons (Fsp3) is 0.136. The van der Waals surface area contributed by atoms with Gasteiger partial charge in [0.15, 0.2) is 21.3 Å². The van der Waals surface area contributed by atoms with E-state index in [1.54, 1.807) is 43.5 Å². The average Bonchev–Trinajstić information content (AvgIpc) is 2.75. The molecule has 0 spiro atoms. The standard InChI is InChI=1S/C22H20FNO5S/c1-15(30(26,27)19-13-7-16(23)8-14-19)22(25)24-17-9-11-18(12-10-17)29-21-6-4-3-5-20(21)28-2/h3-15H,1-2H3,(H,24,25). The van der Waals surface area contributed by atoms with Crippen molar-refractivity contribution in [3.05, 3.63) is 78.6 Å². The number of ether oxygens (including phenoxy) is 2. The summed E-state index contributed by atoms with van der Waals surface area (Å²) in [6.07, 6.45) is 0. The fourth-order valence-corrected chi connectivity index (χ4v) is 3.91. The minimum atomic E-state index is -3.95. The first-order chi connectivity index (χ1) is 14.3. The molecule has 0 bridgehead atoms. The molecule has 0 saturated carbocycles. The van der Waals surface area contributed by atoms with Crippen molar-refractivity contribution in [2.24, 2.45) is 0 Å². The number of halogens is 1. The summed E-state index contributed by atoms with van der Waals surface area (Å²) in [5, 5.41) is 1.22. The lowest BCUT2D eigenvalue weighted by Crippen LogP contribution is -2.32. The number of methoxy groups -OCH3 is 1. The van der Waals surface area contributed by atoms with Gasteiger partial charge in [0, 0.05) is 5.69 Å². The van der Waals surface area contributed by atoms with Gasteiger partial charge in [0.2, 0.25) is 5.91 Å². The summed E-state index contributed by atoms with van der Waals surface area (Å²) in [6.45, 7) is 1.28. The number of carbonyl (C=O) groups is 1. The smallest absolute Gasteiger partial charge is 0.242 e. The molecule has 0 heterocycles. The van der Waals surface area contributed by atoms with Crippen molar-refractivity contribution in [1.82, 2.24) is 0 Å². The van der Waals surface area contributed by atoms with E-state index in [-0.39, 0.29) is 4.90 Å².